The highest BCUT2D eigenvalue weighted by Crippen LogP contribution is 2.24. The van der Waals surface area contributed by atoms with Crippen LogP contribution in [0.15, 0.2) is 11.3 Å². The van der Waals surface area contributed by atoms with Gasteiger partial charge in [-0.1, -0.05) is 0 Å². The van der Waals surface area contributed by atoms with Crippen molar-refractivity contribution in [2.75, 3.05) is 32.8 Å². The second-order valence-electron chi connectivity index (χ2n) is 5.63. The van der Waals surface area contributed by atoms with Crippen molar-refractivity contribution in [1.82, 2.24) is 13.9 Å². The van der Waals surface area contributed by atoms with E-state index in [1.165, 1.54) is 4.31 Å². The molecule has 2 saturated heterocycles. The molecule has 0 aliphatic carbocycles. The SMILES string of the molecule is O=C(NS(=O)(=O)N1CCCC1)C1=C(N2CCCC2)COC1=O. The predicted octanol–water partition coefficient (Wildman–Crippen LogP) is -0.650. The normalized spacial score (nSPS) is 23.3. The van der Waals surface area contributed by atoms with Crippen LogP contribution in [0.3, 0.4) is 0 Å². The Balaban J connectivity index is 1.80. The average molecular weight is 329 g/mol. The van der Waals surface area contributed by atoms with Crippen molar-refractivity contribution in [2.45, 2.75) is 25.7 Å². The molecule has 0 radical (unpaired) electrons. The Morgan fingerprint density at radius 1 is 1.05 bits per heavy atom. The lowest BCUT2D eigenvalue weighted by Crippen LogP contribution is -2.43. The molecule has 0 bridgehead atoms. The fourth-order valence-corrected chi connectivity index (χ4v) is 4.22. The maximum absolute atomic E-state index is 12.3. The molecular weight excluding hydrogens is 310 g/mol. The van der Waals surface area contributed by atoms with E-state index in [9.17, 15) is 18.0 Å². The third-order valence-corrected chi connectivity index (χ3v) is 5.66. The Hall–Kier alpha value is -1.61. The number of nitrogens with one attached hydrogen (secondary N) is 1. The van der Waals surface area contributed by atoms with Crippen molar-refractivity contribution in [1.29, 1.82) is 0 Å². The van der Waals surface area contributed by atoms with Gasteiger partial charge in [0.25, 0.3) is 5.91 Å². The molecule has 8 nitrogen and oxygen atoms in total. The number of ether oxygens (including phenoxy) is 1. The summed E-state index contributed by atoms with van der Waals surface area (Å²) in [6.07, 6.45) is 3.52. The Kier molecular flexibility index (Phi) is 4.09. The number of amides is 1. The molecule has 0 aromatic heterocycles. The van der Waals surface area contributed by atoms with Gasteiger partial charge < -0.3 is 9.64 Å². The topological polar surface area (TPSA) is 96.0 Å². The minimum absolute atomic E-state index is 0.0331. The number of carbonyl (C=O) groups excluding carboxylic acids is 2. The molecule has 0 aromatic rings. The maximum Gasteiger partial charge on any atom is 0.346 e. The Morgan fingerprint density at radius 3 is 2.27 bits per heavy atom. The lowest BCUT2D eigenvalue weighted by atomic mass is 10.2. The fourth-order valence-electron chi connectivity index (χ4n) is 3.02. The van der Waals surface area contributed by atoms with E-state index in [1.807, 2.05) is 9.62 Å². The highest BCUT2D eigenvalue weighted by atomic mass is 32.2. The number of cyclic esters (lactones) is 1. The van der Waals surface area contributed by atoms with E-state index in [-0.39, 0.29) is 12.2 Å². The number of likely N-dealkylation sites (tertiary alicyclic amines) is 1. The summed E-state index contributed by atoms with van der Waals surface area (Å²) >= 11 is 0. The minimum Gasteiger partial charge on any atom is -0.455 e. The van der Waals surface area contributed by atoms with E-state index in [4.69, 9.17) is 4.74 Å². The molecule has 22 heavy (non-hydrogen) atoms. The van der Waals surface area contributed by atoms with Gasteiger partial charge in [0.15, 0.2) is 0 Å². The van der Waals surface area contributed by atoms with Crippen LogP contribution in [-0.4, -0.2) is 62.3 Å². The first-order valence-corrected chi connectivity index (χ1v) is 8.90. The Labute approximate surface area is 129 Å². The summed E-state index contributed by atoms with van der Waals surface area (Å²) in [5, 5.41) is 0. The summed E-state index contributed by atoms with van der Waals surface area (Å²) in [6.45, 7) is 2.32. The lowest BCUT2D eigenvalue weighted by Gasteiger charge is -2.19. The highest BCUT2D eigenvalue weighted by molar-refractivity contribution is 7.87. The maximum atomic E-state index is 12.3. The number of rotatable bonds is 4. The number of carbonyl (C=O) groups is 2. The Bertz CT molecular complexity index is 616. The van der Waals surface area contributed by atoms with Gasteiger partial charge in [-0.25, -0.2) is 9.52 Å². The molecule has 0 unspecified atom stereocenters. The number of hydrogen-bond acceptors (Lipinski definition) is 6. The first kappa shape index (κ1) is 15.3. The molecule has 3 heterocycles. The molecule has 0 atom stereocenters. The van der Waals surface area contributed by atoms with Gasteiger partial charge in [-0.2, -0.15) is 12.7 Å². The molecule has 3 aliphatic rings. The van der Waals surface area contributed by atoms with Crippen LogP contribution in [0.1, 0.15) is 25.7 Å². The number of esters is 1. The molecule has 1 N–H and O–H groups in total. The summed E-state index contributed by atoms with van der Waals surface area (Å²) in [5.74, 6) is -1.65. The molecular formula is C13H19N3O5S. The minimum atomic E-state index is -3.89. The van der Waals surface area contributed by atoms with Crippen LogP contribution >= 0.6 is 0 Å². The van der Waals surface area contributed by atoms with Crippen LogP contribution in [0.25, 0.3) is 0 Å². The van der Waals surface area contributed by atoms with E-state index in [0.29, 0.717) is 18.8 Å². The fraction of sp³-hybridized carbons (Fsp3) is 0.692. The molecule has 122 valence electrons. The number of nitrogens with zero attached hydrogens (tertiary/aromatic N) is 2. The third kappa shape index (κ3) is 2.82. The summed E-state index contributed by atoms with van der Waals surface area (Å²) in [5.41, 5.74) is 0.321. The van der Waals surface area contributed by atoms with E-state index in [2.05, 4.69) is 0 Å². The van der Waals surface area contributed by atoms with Gasteiger partial charge in [-0.15, -0.1) is 0 Å². The predicted molar refractivity (Wildman–Crippen MR) is 76.7 cm³/mol. The molecule has 1 amide bonds. The zero-order valence-electron chi connectivity index (χ0n) is 12.2. The van der Waals surface area contributed by atoms with Gasteiger partial charge >= 0.3 is 16.2 Å². The zero-order valence-corrected chi connectivity index (χ0v) is 13.0. The van der Waals surface area contributed by atoms with Crippen molar-refractivity contribution in [3.05, 3.63) is 11.3 Å². The summed E-state index contributed by atoms with van der Waals surface area (Å²) in [7, 11) is -3.89. The molecule has 9 heteroatoms. The van der Waals surface area contributed by atoms with Gasteiger partial charge in [0.05, 0.1) is 5.70 Å². The van der Waals surface area contributed by atoms with Crippen molar-refractivity contribution in [3.8, 4) is 0 Å². The van der Waals surface area contributed by atoms with E-state index in [1.54, 1.807) is 0 Å². The standard InChI is InChI=1S/C13H19N3O5S/c17-12(14-22(19,20)16-7-3-4-8-16)11-10(9-21-13(11)18)15-5-1-2-6-15/h1-9H2,(H,14,17). The molecule has 2 fully saturated rings. The van der Waals surface area contributed by atoms with Crippen molar-refractivity contribution in [3.63, 3.8) is 0 Å². The first-order valence-electron chi connectivity index (χ1n) is 7.46. The molecule has 3 aliphatic heterocycles. The average Bonchev–Trinajstić information content (AvgIpc) is 3.19. The first-order chi connectivity index (χ1) is 10.5. The third-order valence-electron chi connectivity index (χ3n) is 4.17. The van der Waals surface area contributed by atoms with Crippen molar-refractivity contribution in [2.24, 2.45) is 0 Å². The van der Waals surface area contributed by atoms with Crippen LogP contribution < -0.4 is 4.72 Å². The molecule has 3 rings (SSSR count). The molecule has 0 aromatic carbocycles. The largest absolute Gasteiger partial charge is 0.455 e. The quantitative estimate of drug-likeness (QED) is 0.544. The number of hydrogen-bond donors (Lipinski definition) is 1. The second-order valence-corrected chi connectivity index (χ2v) is 7.31. The Morgan fingerprint density at radius 2 is 1.64 bits per heavy atom. The van der Waals surface area contributed by atoms with Crippen LogP contribution in [0.5, 0.6) is 0 Å². The van der Waals surface area contributed by atoms with Crippen LogP contribution in [0.2, 0.25) is 0 Å². The zero-order chi connectivity index (χ0) is 15.7. The highest BCUT2D eigenvalue weighted by Gasteiger charge is 2.37. The smallest absolute Gasteiger partial charge is 0.346 e. The monoisotopic (exact) mass is 329 g/mol. The van der Waals surface area contributed by atoms with Gasteiger partial charge in [0.1, 0.15) is 12.2 Å². The lowest BCUT2D eigenvalue weighted by molar-refractivity contribution is -0.137. The van der Waals surface area contributed by atoms with Crippen LogP contribution in [0.4, 0.5) is 0 Å². The van der Waals surface area contributed by atoms with E-state index in [0.717, 1.165) is 38.8 Å². The summed E-state index contributed by atoms with van der Waals surface area (Å²) in [6, 6.07) is 0. The van der Waals surface area contributed by atoms with Crippen molar-refractivity contribution >= 4 is 22.1 Å². The van der Waals surface area contributed by atoms with Gasteiger partial charge in [-0.05, 0) is 25.7 Å². The van der Waals surface area contributed by atoms with Crippen LogP contribution in [0, 0.1) is 0 Å². The van der Waals surface area contributed by atoms with E-state index < -0.39 is 22.1 Å². The van der Waals surface area contributed by atoms with Crippen LogP contribution in [-0.2, 0) is 24.5 Å². The van der Waals surface area contributed by atoms with Gasteiger partial charge in [0.2, 0.25) is 0 Å². The molecule has 0 spiro atoms. The van der Waals surface area contributed by atoms with E-state index >= 15 is 0 Å². The van der Waals surface area contributed by atoms with Gasteiger partial charge in [0, 0.05) is 26.2 Å². The summed E-state index contributed by atoms with van der Waals surface area (Å²) < 4.78 is 32.4. The van der Waals surface area contributed by atoms with Gasteiger partial charge in [-0.3, -0.25) is 4.79 Å². The van der Waals surface area contributed by atoms with Crippen molar-refractivity contribution < 1.29 is 22.7 Å². The second kappa shape index (κ2) is 5.88. The molecule has 0 saturated carbocycles. The summed E-state index contributed by atoms with van der Waals surface area (Å²) in [4.78, 5) is 26.0.